The molecule has 0 nitrogen and oxygen atoms in total. The summed E-state index contributed by atoms with van der Waals surface area (Å²) in [6.45, 7) is 9.06. The number of hydrogen-bond acceptors (Lipinski definition) is 0. The Bertz CT molecular complexity index is 175. The molecule has 11 heavy (non-hydrogen) atoms. The van der Waals surface area contributed by atoms with Gasteiger partial charge in [-0.25, -0.2) is 0 Å². The predicted molar refractivity (Wildman–Crippen MR) is 54.0 cm³/mol. The summed E-state index contributed by atoms with van der Waals surface area (Å²) in [4.78, 5) is 0. The third kappa shape index (κ3) is 1.69. The number of rotatable bonds is 2. The Labute approximate surface area is 78.2 Å². The van der Waals surface area contributed by atoms with Crippen molar-refractivity contribution in [3.05, 3.63) is 11.6 Å². The molecule has 1 saturated carbocycles. The highest BCUT2D eigenvalue weighted by Gasteiger charge is 2.54. The molecule has 1 fully saturated rings. The van der Waals surface area contributed by atoms with Gasteiger partial charge in [0, 0.05) is 5.33 Å². The van der Waals surface area contributed by atoms with Gasteiger partial charge in [0.15, 0.2) is 0 Å². The zero-order chi connectivity index (χ0) is 8.65. The minimum absolute atomic E-state index is 0.542. The molecule has 0 aliphatic heterocycles. The smallest absolute Gasteiger partial charge is 0.00708 e. The first kappa shape index (κ1) is 9.31. The Morgan fingerprint density at radius 1 is 1.45 bits per heavy atom. The Hall–Kier alpha value is 0.220. The van der Waals surface area contributed by atoms with E-state index in [2.05, 4.69) is 49.7 Å². The zero-order valence-electron chi connectivity index (χ0n) is 7.82. The topological polar surface area (TPSA) is 0 Å². The second kappa shape index (κ2) is 2.93. The van der Waals surface area contributed by atoms with Crippen molar-refractivity contribution in [1.29, 1.82) is 0 Å². The van der Waals surface area contributed by atoms with Gasteiger partial charge in [0.1, 0.15) is 0 Å². The highest BCUT2D eigenvalue weighted by atomic mass is 79.9. The molecular formula is C10H17Br. The van der Waals surface area contributed by atoms with Crippen molar-refractivity contribution in [1.82, 2.24) is 0 Å². The molecule has 1 aliphatic carbocycles. The lowest BCUT2D eigenvalue weighted by molar-refractivity contribution is 0.573. The zero-order valence-corrected chi connectivity index (χ0v) is 9.40. The lowest BCUT2D eigenvalue weighted by atomic mass is 10.1. The van der Waals surface area contributed by atoms with E-state index in [1.54, 1.807) is 0 Å². The van der Waals surface area contributed by atoms with Gasteiger partial charge in [-0.3, -0.25) is 0 Å². The number of halogens is 1. The maximum Gasteiger partial charge on any atom is 0.00708 e. The highest BCUT2D eigenvalue weighted by molar-refractivity contribution is 9.09. The van der Waals surface area contributed by atoms with Gasteiger partial charge < -0.3 is 0 Å². The first-order valence-corrected chi connectivity index (χ1v) is 5.33. The minimum atomic E-state index is 0.542. The van der Waals surface area contributed by atoms with Crippen LogP contribution in [0, 0.1) is 17.3 Å². The fraction of sp³-hybridized carbons (Fsp3) is 0.800. The van der Waals surface area contributed by atoms with Crippen LogP contribution in [0.25, 0.3) is 0 Å². The van der Waals surface area contributed by atoms with Crippen LogP contribution in [0.1, 0.15) is 27.7 Å². The van der Waals surface area contributed by atoms with Gasteiger partial charge in [0.25, 0.3) is 0 Å². The molecule has 1 aliphatic rings. The number of alkyl halides is 1. The summed E-state index contributed by atoms with van der Waals surface area (Å²) < 4.78 is 0. The highest BCUT2D eigenvalue weighted by Crippen LogP contribution is 2.59. The summed E-state index contributed by atoms with van der Waals surface area (Å²) in [5, 5.41) is 1.15. The van der Waals surface area contributed by atoms with Crippen molar-refractivity contribution in [2.24, 2.45) is 17.3 Å². The molecule has 64 valence electrons. The Morgan fingerprint density at radius 3 is 2.27 bits per heavy atom. The predicted octanol–water partition coefficient (Wildman–Crippen LogP) is 3.62. The molecule has 0 heterocycles. The standard InChI is InChI=1S/C10H17Br/c1-7(2)5-8-9(6-11)10(8,3)4/h5,8-9H,6H2,1-4H3/t8-,9-/m0/s1. The molecule has 0 amide bonds. The van der Waals surface area contributed by atoms with Crippen LogP contribution in [0.4, 0.5) is 0 Å². The normalized spacial score (nSPS) is 33.2. The number of allylic oxidation sites excluding steroid dienone is 2. The van der Waals surface area contributed by atoms with Crippen molar-refractivity contribution < 1.29 is 0 Å². The van der Waals surface area contributed by atoms with Crippen molar-refractivity contribution in [3.8, 4) is 0 Å². The first-order chi connectivity index (χ1) is 5.00. The van der Waals surface area contributed by atoms with E-state index in [0.29, 0.717) is 5.41 Å². The molecule has 0 spiro atoms. The van der Waals surface area contributed by atoms with Gasteiger partial charge in [-0.2, -0.15) is 0 Å². The SMILES string of the molecule is CC(C)=C[C@H]1[C@H](CBr)C1(C)C. The Kier molecular flexibility index (Phi) is 2.48. The van der Waals surface area contributed by atoms with E-state index >= 15 is 0 Å². The van der Waals surface area contributed by atoms with Crippen LogP contribution in [0.3, 0.4) is 0 Å². The fourth-order valence-corrected chi connectivity index (χ4v) is 3.01. The summed E-state index contributed by atoms with van der Waals surface area (Å²) in [5.74, 6) is 1.67. The van der Waals surface area contributed by atoms with E-state index in [-0.39, 0.29) is 0 Å². The molecule has 0 saturated heterocycles. The number of hydrogen-bond donors (Lipinski definition) is 0. The van der Waals surface area contributed by atoms with Gasteiger partial charge in [-0.05, 0) is 31.1 Å². The first-order valence-electron chi connectivity index (χ1n) is 4.21. The summed E-state index contributed by atoms with van der Waals surface area (Å²) in [5.41, 5.74) is 1.99. The third-order valence-corrected chi connectivity index (χ3v) is 3.52. The van der Waals surface area contributed by atoms with Crippen LogP contribution in [-0.2, 0) is 0 Å². The maximum atomic E-state index is 3.55. The third-order valence-electron chi connectivity index (χ3n) is 2.82. The van der Waals surface area contributed by atoms with Gasteiger partial charge in [-0.1, -0.05) is 41.4 Å². The summed E-state index contributed by atoms with van der Waals surface area (Å²) in [6, 6.07) is 0. The van der Waals surface area contributed by atoms with Gasteiger partial charge >= 0.3 is 0 Å². The molecule has 0 bridgehead atoms. The van der Waals surface area contributed by atoms with Crippen molar-refractivity contribution in [3.63, 3.8) is 0 Å². The average Bonchev–Trinajstić information content (AvgIpc) is 2.33. The summed E-state index contributed by atoms with van der Waals surface area (Å²) in [7, 11) is 0. The second-order valence-corrected chi connectivity index (χ2v) is 5.00. The molecule has 2 atom stereocenters. The van der Waals surface area contributed by atoms with Crippen LogP contribution in [0.2, 0.25) is 0 Å². The molecular weight excluding hydrogens is 200 g/mol. The maximum absolute atomic E-state index is 3.55. The van der Waals surface area contributed by atoms with Crippen LogP contribution >= 0.6 is 15.9 Å². The van der Waals surface area contributed by atoms with Crippen LogP contribution in [0.15, 0.2) is 11.6 Å². The molecule has 1 heteroatoms. The molecule has 0 aromatic heterocycles. The Balaban J connectivity index is 2.59. The summed E-state index contributed by atoms with van der Waals surface area (Å²) in [6.07, 6.45) is 2.41. The van der Waals surface area contributed by atoms with E-state index in [9.17, 15) is 0 Å². The molecule has 0 radical (unpaired) electrons. The molecule has 0 unspecified atom stereocenters. The van der Waals surface area contributed by atoms with E-state index in [1.165, 1.54) is 5.57 Å². The van der Waals surface area contributed by atoms with Gasteiger partial charge in [-0.15, -0.1) is 0 Å². The van der Waals surface area contributed by atoms with Crippen molar-refractivity contribution in [2.45, 2.75) is 27.7 Å². The largest absolute Gasteiger partial charge is 0.0925 e. The van der Waals surface area contributed by atoms with Crippen LogP contribution < -0.4 is 0 Å². The quantitative estimate of drug-likeness (QED) is 0.489. The fourth-order valence-electron chi connectivity index (χ4n) is 1.77. The lowest BCUT2D eigenvalue weighted by Crippen LogP contribution is -1.89. The van der Waals surface area contributed by atoms with Gasteiger partial charge in [0.05, 0.1) is 0 Å². The molecule has 0 N–H and O–H groups in total. The molecule has 1 rings (SSSR count). The van der Waals surface area contributed by atoms with Crippen molar-refractivity contribution >= 4 is 15.9 Å². The van der Waals surface area contributed by atoms with Gasteiger partial charge in [0.2, 0.25) is 0 Å². The Morgan fingerprint density at radius 2 is 2.00 bits per heavy atom. The molecule has 0 aromatic carbocycles. The van der Waals surface area contributed by atoms with E-state index in [1.807, 2.05) is 0 Å². The monoisotopic (exact) mass is 216 g/mol. The van der Waals surface area contributed by atoms with E-state index < -0.39 is 0 Å². The van der Waals surface area contributed by atoms with Crippen LogP contribution in [0.5, 0.6) is 0 Å². The van der Waals surface area contributed by atoms with Crippen LogP contribution in [-0.4, -0.2) is 5.33 Å². The summed E-state index contributed by atoms with van der Waals surface area (Å²) >= 11 is 3.55. The minimum Gasteiger partial charge on any atom is -0.0925 e. The second-order valence-electron chi connectivity index (χ2n) is 4.35. The lowest BCUT2D eigenvalue weighted by Gasteiger charge is -1.97. The van der Waals surface area contributed by atoms with E-state index in [4.69, 9.17) is 0 Å². The molecule has 0 aromatic rings. The average molecular weight is 217 g/mol. The van der Waals surface area contributed by atoms with E-state index in [0.717, 1.165) is 17.2 Å². The van der Waals surface area contributed by atoms with Crippen molar-refractivity contribution in [2.75, 3.05) is 5.33 Å².